The number of nitrogens with one attached hydrogen (secondary N) is 1. The van der Waals surface area contributed by atoms with E-state index in [1.165, 1.54) is 12.4 Å². The molecule has 0 aliphatic heterocycles. The average molecular weight is 282 g/mol. The van der Waals surface area contributed by atoms with Gasteiger partial charge in [-0.3, -0.25) is 9.78 Å². The van der Waals surface area contributed by atoms with Gasteiger partial charge in [-0.05, 0) is 19.1 Å². The van der Waals surface area contributed by atoms with Crippen molar-refractivity contribution < 1.29 is 4.79 Å². The number of nitrogens with zero attached hydrogens (tertiary/aromatic N) is 2. The summed E-state index contributed by atoms with van der Waals surface area (Å²) in [5, 5.41) is 3.31. The zero-order valence-corrected chi connectivity index (χ0v) is 11.0. The molecule has 1 N–H and O–H groups in total. The monoisotopic (exact) mass is 281 g/mol. The van der Waals surface area contributed by atoms with Gasteiger partial charge in [-0.2, -0.15) is 0 Å². The Labute approximate surface area is 114 Å². The zero-order chi connectivity index (χ0) is 13.1. The van der Waals surface area contributed by atoms with Crippen LogP contribution in [0.1, 0.15) is 16.2 Å². The van der Waals surface area contributed by atoms with E-state index in [1.54, 1.807) is 25.1 Å². The summed E-state index contributed by atoms with van der Waals surface area (Å²) in [5.41, 5.74) is 1.40. The van der Waals surface area contributed by atoms with Crippen molar-refractivity contribution in [1.82, 2.24) is 9.97 Å². The maximum atomic E-state index is 11.9. The van der Waals surface area contributed by atoms with Gasteiger partial charge in [0.25, 0.3) is 5.91 Å². The molecule has 92 valence electrons. The number of amides is 1. The van der Waals surface area contributed by atoms with Crippen LogP contribution in [0, 0.1) is 6.92 Å². The van der Waals surface area contributed by atoms with E-state index < -0.39 is 0 Å². The Morgan fingerprint density at radius 2 is 2.00 bits per heavy atom. The number of rotatable bonds is 2. The molecule has 4 nitrogen and oxygen atoms in total. The Hall–Kier alpha value is -1.65. The SMILES string of the molecule is Cc1cnc(C(=O)Nc2cccc(Cl)c2Cl)cn1. The summed E-state index contributed by atoms with van der Waals surface area (Å²) < 4.78 is 0. The lowest BCUT2D eigenvalue weighted by Crippen LogP contribution is -2.14. The molecule has 0 fully saturated rings. The fourth-order valence-corrected chi connectivity index (χ4v) is 1.64. The van der Waals surface area contributed by atoms with Gasteiger partial charge in [-0.15, -0.1) is 0 Å². The van der Waals surface area contributed by atoms with Crippen LogP contribution in [0.5, 0.6) is 0 Å². The second kappa shape index (κ2) is 5.33. The third-order valence-corrected chi connectivity index (χ3v) is 3.03. The van der Waals surface area contributed by atoms with Gasteiger partial charge in [0.05, 0.1) is 27.6 Å². The van der Waals surface area contributed by atoms with Gasteiger partial charge < -0.3 is 5.32 Å². The molecule has 18 heavy (non-hydrogen) atoms. The molecule has 6 heteroatoms. The molecule has 0 unspecified atom stereocenters. The molecule has 0 bridgehead atoms. The number of hydrogen-bond donors (Lipinski definition) is 1. The van der Waals surface area contributed by atoms with Crippen molar-refractivity contribution in [3.63, 3.8) is 0 Å². The Morgan fingerprint density at radius 1 is 1.22 bits per heavy atom. The van der Waals surface area contributed by atoms with Crippen molar-refractivity contribution in [2.45, 2.75) is 6.92 Å². The van der Waals surface area contributed by atoms with Gasteiger partial charge in [0, 0.05) is 6.20 Å². The lowest BCUT2D eigenvalue weighted by Gasteiger charge is -2.07. The third-order valence-electron chi connectivity index (χ3n) is 2.21. The Balaban J connectivity index is 2.21. The van der Waals surface area contributed by atoms with E-state index in [0.29, 0.717) is 15.7 Å². The van der Waals surface area contributed by atoms with Gasteiger partial charge >= 0.3 is 0 Å². The maximum absolute atomic E-state index is 11.9. The minimum Gasteiger partial charge on any atom is -0.319 e. The molecule has 0 saturated carbocycles. The summed E-state index contributed by atoms with van der Waals surface area (Å²) in [5.74, 6) is -0.383. The second-order valence-electron chi connectivity index (χ2n) is 3.60. The maximum Gasteiger partial charge on any atom is 0.275 e. The van der Waals surface area contributed by atoms with Crippen LogP contribution in [0.15, 0.2) is 30.6 Å². The molecule has 0 aliphatic rings. The predicted molar refractivity (Wildman–Crippen MR) is 71.2 cm³/mol. The first-order valence-corrected chi connectivity index (χ1v) is 5.87. The topological polar surface area (TPSA) is 54.9 Å². The molecular formula is C12H9Cl2N3O. The zero-order valence-electron chi connectivity index (χ0n) is 9.45. The number of hydrogen-bond acceptors (Lipinski definition) is 3. The van der Waals surface area contributed by atoms with E-state index in [-0.39, 0.29) is 11.6 Å². The molecule has 2 aromatic rings. The Bertz CT molecular complexity index is 584. The van der Waals surface area contributed by atoms with Gasteiger partial charge in [-0.25, -0.2) is 4.98 Å². The highest BCUT2D eigenvalue weighted by Gasteiger charge is 2.11. The highest BCUT2D eigenvalue weighted by atomic mass is 35.5. The van der Waals surface area contributed by atoms with Crippen LogP contribution < -0.4 is 5.32 Å². The van der Waals surface area contributed by atoms with Crippen molar-refractivity contribution in [2.75, 3.05) is 5.32 Å². The Kier molecular flexibility index (Phi) is 3.79. The van der Waals surface area contributed by atoms with E-state index >= 15 is 0 Å². The van der Waals surface area contributed by atoms with Crippen LogP contribution in [0.4, 0.5) is 5.69 Å². The number of halogens is 2. The van der Waals surface area contributed by atoms with Gasteiger partial charge in [0.1, 0.15) is 5.69 Å². The summed E-state index contributed by atoms with van der Waals surface area (Å²) >= 11 is 11.8. The van der Waals surface area contributed by atoms with E-state index in [1.807, 2.05) is 0 Å². The molecule has 1 aromatic carbocycles. The molecular weight excluding hydrogens is 273 g/mol. The number of carbonyl (C=O) groups is 1. The van der Waals surface area contributed by atoms with E-state index in [4.69, 9.17) is 23.2 Å². The summed E-state index contributed by atoms with van der Waals surface area (Å²) in [6, 6.07) is 5.00. The van der Waals surface area contributed by atoms with Crippen LogP contribution in [0.3, 0.4) is 0 Å². The molecule has 0 saturated heterocycles. The van der Waals surface area contributed by atoms with Crippen LogP contribution >= 0.6 is 23.2 Å². The molecule has 2 rings (SSSR count). The lowest BCUT2D eigenvalue weighted by molar-refractivity contribution is 0.102. The molecule has 0 spiro atoms. The van der Waals surface area contributed by atoms with Gasteiger partial charge in [0.2, 0.25) is 0 Å². The molecule has 0 atom stereocenters. The number of aryl methyl sites for hydroxylation is 1. The van der Waals surface area contributed by atoms with Crippen molar-refractivity contribution in [2.24, 2.45) is 0 Å². The second-order valence-corrected chi connectivity index (χ2v) is 4.38. The summed E-state index contributed by atoms with van der Waals surface area (Å²) in [4.78, 5) is 19.8. The Morgan fingerprint density at radius 3 is 2.67 bits per heavy atom. The first-order valence-electron chi connectivity index (χ1n) is 5.12. The van der Waals surface area contributed by atoms with E-state index in [9.17, 15) is 4.79 Å². The van der Waals surface area contributed by atoms with Gasteiger partial charge in [0.15, 0.2) is 0 Å². The fourth-order valence-electron chi connectivity index (χ4n) is 1.30. The fraction of sp³-hybridized carbons (Fsp3) is 0.0833. The lowest BCUT2D eigenvalue weighted by atomic mass is 10.3. The van der Waals surface area contributed by atoms with Crippen LogP contribution in [-0.4, -0.2) is 15.9 Å². The van der Waals surface area contributed by atoms with Crippen molar-refractivity contribution >= 4 is 34.8 Å². The highest BCUT2D eigenvalue weighted by molar-refractivity contribution is 6.44. The largest absolute Gasteiger partial charge is 0.319 e. The van der Waals surface area contributed by atoms with Crippen molar-refractivity contribution in [3.05, 3.63) is 52.0 Å². The van der Waals surface area contributed by atoms with Crippen LogP contribution in [0.25, 0.3) is 0 Å². The minimum absolute atomic E-state index is 0.219. The number of carbonyl (C=O) groups excluding carboxylic acids is 1. The van der Waals surface area contributed by atoms with Gasteiger partial charge in [-0.1, -0.05) is 29.3 Å². The molecule has 1 aromatic heterocycles. The minimum atomic E-state index is -0.383. The van der Waals surface area contributed by atoms with Crippen molar-refractivity contribution in [3.8, 4) is 0 Å². The first kappa shape index (κ1) is 12.8. The van der Waals surface area contributed by atoms with Crippen LogP contribution in [-0.2, 0) is 0 Å². The highest BCUT2D eigenvalue weighted by Crippen LogP contribution is 2.29. The third kappa shape index (κ3) is 2.78. The quantitative estimate of drug-likeness (QED) is 0.919. The standard InChI is InChI=1S/C12H9Cl2N3O/c1-7-5-16-10(6-15-7)12(18)17-9-4-2-3-8(13)11(9)14/h2-6H,1H3,(H,17,18). The number of benzene rings is 1. The normalized spacial score (nSPS) is 10.2. The summed E-state index contributed by atoms with van der Waals surface area (Å²) in [7, 11) is 0. The van der Waals surface area contributed by atoms with E-state index in [0.717, 1.165) is 5.69 Å². The number of anilines is 1. The predicted octanol–water partition coefficient (Wildman–Crippen LogP) is 3.34. The van der Waals surface area contributed by atoms with Crippen LogP contribution in [0.2, 0.25) is 10.0 Å². The molecule has 0 radical (unpaired) electrons. The smallest absolute Gasteiger partial charge is 0.275 e. The first-order chi connectivity index (χ1) is 8.58. The average Bonchev–Trinajstić information content (AvgIpc) is 2.36. The number of aromatic nitrogens is 2. The van der Waals surface area contributed by atoms with Crippen molar-refractivity contribution in [1.29, 1.82) is 0 Å². The summed E-state index contributed by atoms with van der Waals surface area (Å²) in [6.45, 7) is 1.79. The molecule has 0 aliphatic carbocycles. The van der Waals surface area contributed by atoms with E-state index in [2.05, 4.69) is 15.3 Å². The molecule has 1 heterocycles. The summed E-state index contributed by atoms with van der Waals surface area (Å²) in [6.07, 6.45) is 2.93. The molecule has 1 amide bonds.